The third kappa shape index (κ3) is 4.57. The fourth-order valence-corrected chi connectivity index (χ4v) is 4.08. The maximum atomic E-state index is 12.3. The Labute approximate surface area is 148 Å². The summed E-state index contributed by atoms with van der Waals surface area (Å²) in [5, 5.41) is 8.40. The highest BCUT2D eigenvalue weighted by molar-refractivity contribution is 9.10. The SMILES string of the molecule is Cn1cc(CCC(=O)N2CCC(Sc3ccc(Br)cc3)C2)nn1. The minimum Gasteiger partial charge on any atom is -0.342 e. The topological polar surface area (TPSA) is 51.0 Å². The summed E-state index contributed by atoms with van der Waals surface area (Å²) in [6.07, 6.45) is 4.09. The number of aromatic nitrogens is 3. The molecule has 0 saturated carbocycles. The van der Waals surface area contributed by atoms with Crippen molar-refractivity contribution in [2.24, 2.45) is 7.05 Å². The van der Waals surface area contributed by atoms with Gasteiger partial charge in [-0.1, -0.05) is 21.1 Å². The van der Waals surface area contributed by atoms with Crippen LogP contribution in [0.1, 0.15) is 18.5 Å². The van der Waals surface area contributed by atoms with Crippen LogP contribution in [0.2, 0.25) is 0 Å². The second-order valence-electron chi connectivity index (χ2n) is 5.71. The molecule has 1 aliphatic heterocycles. The number of carbonyl (C=O) groups excluding carboxylic acids is 1. The molecular formula is C16H19BrN4OS. The van der Waals surface area contributed by atoms with Gasteiger partial charge in [0.2, 0.25) is 5.91 Å². The van der Waals surface area contributed by atoms with E-state index in [1.807, 2.05) is 29.9 Å². The van der Waals surface area contributed by atoms with Crippen LogP contribution in [0.4, 0.5) is 0 Å². The number of thioether (sulfide) groups is 1. The molecule has 7 heteroatoms. The van der Waals surface area contributed by atoms with Gasteiger partial charge in [-0.3, -0.25) is 9.48 Å². The quantitative estimate of drug-likeness (QED) is 0.781. The summed E-state index contributed by atoms with van der Waals surface area (Å²) < 4.78 is 2.76. The van der Waals surface area contributed by atoms with Crippen LogP contribution in [-0.2, 0) is 18.3 Å². The highest BCUT2D eigenvalue weighted by Crippen LogP contribution is 2.30. The highest BCUT2D eigenvalue weighted by Gasteiger charge is 2.26. The Hall–Kier alpha value is -1.34. The summed E-state index contributed by atoms with van der Waals surface area (Å²) in [4.78, 5) is 15.6. The van der Waals surface area contributed by atoms with Crippen LogP contribution in [0.25, 0.3) is 0 Å². The average Bonchev–Trinajstić information content (AvgIpc) is 3.16. The van der Waals surface area contributed by atoms with E-state index >= 15 is 0 Å². The minimum absolute atomic E-state index is 0.217. The highest BCUT2D eigenvalue weighted by atomic mass is 79.9. The van der Waals surface area contributed by atoms with Gasteiger partial charge >= 0.3 is 0 Å². The molecule has 23 heavy (non-hydrogen) atoms. The van der Waals surface area contributed by atoms with Crippen molar-refractivity contribution in [1.29, 1.82) is 0 Å². The fourth-order valence-electron chi connectivity index (χ4n) is 2.66. The van der Waals surface area contributed by atoms with E-state index in [1.54, 1.807) is 4.68 Å². The van der Waals surface area contributed by atoms with E-state index < -0.39 is 0 Å². The number of nitrogens with zero attached hydrogens (tertiary/aromatic N) is 4. The number of benzene rings is 1. The van der Waals surface area contributed by atoms with Gasteiger partial charge in [0, 0.05) is 53.8 Å². The van der Waals surface area contributed by atoms with Gasteiger partial charge in [0.1, 0.15) is 0 Å². The van der Waals surface area contributed by atoms with E-state index in [9.17, 15) is 4.79 Å². The first kappa shape index (κ1) is 16.5. The second kappa shape index (κ2) is 7.49. The van der Waals surface area contributed by atoms with Crippen LogP contribution in [0.5, 0.6) is 0 Å². The first-order chi connectivity index (χ1) is 11.1. The van der Waals surface area contributed by atoms with Crippen LogP contribution in [0.3, 0.4) is 0 Å². The van der Waals surface area contributed by atoms with Gasteiger partial charge in [-0.2, -0.15) is 0 Å². The van der Waals surface area contributed by atoms with Crippen LogP contribution < -0.4 is 0 Å². The summed E-state index contributed by atoms with van der Waals surface area (Å²) in [7, 11) is 1.84. The summed E-state index contributed by atoms with van der Waals surface area (Å²) >= 11 is 5.31. The van der Waals surface area contributed by atoms with Crippen molar-refractivity contribution in [2.45, 2.75) is 29.4 Å². The summed E-state index contributed by atoms with van der Waals surface area (Å²) in [5.74, 6) is 0.217. The van der Waals surface area contributed by atoms with Gasteiger partial charge < -0.3 is 4.90 Å². The summed E-state index contributed by atoms with van der Waals surface area (Å²) in [5.41, 5.74) is 0.876. The molecule has 122 valence electrons. The molecule has 1 aromatic heterocycles. The van der Waals surface area contributed by atoms with E-state index in [1.165, 1.54) is 4.90 Å². The van der Waals surface area contributed by atoms with E-state index in [-0.39, 0.29) is 5.91 Å². The molecule has 0 radical (unpaired) electrons. The number of hydrogen-bond acceptors (Lipinski definition) is 4. The molecule has 0 N–H and O–H groups in total. The third-order valence-corrected chi connectivity index (χ3v) is 5.65. The predicted molar refractivity (Wildman–Crippen MR) is 94.3 cm³/mol. The molecule has 3 rings (SSSR count). The van der Waals surface area contributed by atoms with Crippen molar-refractivity contribution in [3.63, 3.8) is 0 Å². The number of aryl methyl sites for hydroxylation is 2. The Morgan fingerprint density at radius 2 is 2.17 bits per heavy atom. The van der Waals surface area contributed by atoms with E-state index in [0.717, 1.165) is 29.7 Å². The van der Waals surface area contributed by atoms with Crippen molar-refractivity contribution < 1.29 is 4.79 Å². The molecule has 5 nitrogen and oxygen atoms in total. The van der Waals surface area contributed by atoms with E-state index in [0.29, 0.717) is 18.1 Å². The molecule has 0 spiro atoms. The van der Waals surface area contributed by atoms with Crippen LogP contribution in [-0.4, -0.2) is 44.1 Å². The summed E-state index contributed by atoms with van der Waals surface area (Å²) in [6.45, 7) is 1.69. The van der Waals surface area contributed by atoms with Gasteiger partial charge in [-0.25, -0.2) is 0 Å². The first-order valence-corrected chi connectivity index (χ1v) is 9.32. The molecule has 1 aromatic carbocycles. The zero-order valence-corrected chi connectivity index (χ0v) is 15.4. The lowest BCUT2D eigenvalue weighted by Crippen LogP contribution is -2.29. The molecule has 2 aromatic rings. The van der Waals surface area contributed by atoms with Crippen molar-refractivity contribution in [2.75, 3.05) is 13.1 Å². The molecule has 1 saturated heterocycles. The monoisotopic (exact) mass is 394 g/mol. The molecule has 2 heterocycles. The molecular weight excluding hydrogens is 376 g/mol. The Kier molecular flexibility index (Phi) is 5.38. The van der Waals surface area contributed by atoms with Crippen molar-refractivity contribution in [3.05, 3.63) is 40.6 Å². The average molecular weight is 395 g/mol. The number of likely N-dealkylation sites (tertiary alicyclic amines) is 1. The molecule has 1 unspecified atom stereocenters. The van der Waals surface area contributed by atoms with E-state index in [4.69, 9.17) is 0 Å². The smallest absolute Gasteiger partial charge is 0.222 e. The van der Waals surface area contributed by atoms with Crippen molar-refractivity contribution in [3.8, 4) is 0 Å². The van der Waals surface area contributed by atoms with Gasteiger partial charge in [-0.15, -0.1) is 16.9 Å². The Morgan fingerprint density at radius 1 is 1.39 bits per heavy atom. The van der Waals surface area contributed by atoms with Gasteiger partial charge in [0.05, 0.1) is 5.69 Å². The number of rotatable bonds is 5. The van der Waals surface area contributed by atoms with E-state index in [2.05, 4.69) is 50.5 Å². The lowest BCUT2D eigenvalue weighted by atomic mass is 10.2. The molecule has 1 fully saturated rings. The van der Waals surface area contributed by atoms with Crippen LogP contribution in [0, 0.1) is 0 Å². The van der Waals surface area contributed by atoms with Gasteiger partial charge in [-0.05, 0) is 30.7 Å². The molecule has 1 amide bonds. The lowest BCUT2D eigenvalue weighted by Gasteiger charge is -2.16. The second-order valence-corrected chi connectivity index (χ2v) is 8.00. The first-order valence-electron chi connectivity index (χ1n) is 7.65. The lowest BCUT2D eigenvalue weighted by molar-refractivity contribution is -0.130. The van der Waals surface area contributed by atoms with Crippen LogP contribution >= 0.6 is 27.7 Å². The number of hydrogen-bond donors (Lipinski definition) is 0. The largest absolute Gasteiger partial charge is 0.342 e. The number of amides is 1. The zero-order chi connectivity index (χ0) is 16.2. The number of halogens is 1. The Morgan fingerprint density at radius 3 is 2.87 bits per heavy atom. The van der Waals surface area contributed by atoms with Crippen molar-refractivity contribution >= 4 is 33.6 Å². The Balaban J connectivity index is 1.46. The third-order valence-electron chi connectivity index (χ3n) is 3.86. The fraction of sp³-hybridized carbons (Fsp3) is 0.438. The maximum absolute atomic E-state index is 12.3. The van der Waals surface area contributed by atoms with Gasteiger partial charge in [0.15, 0.2) is 0 Å². The maximum Gasteiger partial charge on any atom is 0.222 e. The number of carbonyl (C=O) groups is 1. The minimum atomic E-state index is 0.217. The van der Waals surface area contributed by atoms with Crippen molar-refractivity contribution in [1.82, 2.24) is 19.9 Å². The summed E-state index contributed by atoms with van der Waals surface area (Å²) in [6, 6.07) is 8.35. The Bertz CT molecular complexity index is 673. The van der Waals surface area contributed by atoms with Crippen LogP contribution in [0.15, 0.2) is 39.8 Å². The normalized spacial score (nSPS) is 17.7. The van der Waals surface area contributed by atoms with Gasteiger partial charge in [0.25, 0.3) is 0 Å². The molecule has 0 bridgehead atoms. The predicted octanol–water partition coefficient (Wildman–Crippen LogP) is 2.90. The standard InChI is InChI=1S/C16H19BrN4OS/c1-20-10-13(18-19-20)4-7-16(22)21-9-8-15(11-21)23-14-5-2-12(17)3-6-14/h2-3,5-6,10,15H,4,7-9,11H2,1H3. The molecule has 0 aliphatic carbocycles. The molecule has 1 atom stereocenters. The zero-order valence-electron chi connectivity index (χ0n) is 13.0. The molecule has 1 aliphatic rings.